The summed E-state index contributed by atoms with van der Waals surface area (Å²) in [7, 11) is 3.33. The van der Waals surface area contributed by atoms with Gasteiger partial charge in [0.15, 0.2) is 5.75 Å². The van der Waals surface area contributed by atoms with E-state index in [-0.39, 0.29) is 11.4 Å². The van der Waals surface area contributed by atoms with Crippen molar-refractivity contribution in [2.45, 2.75) is 13.5 Å². The average molecular weight is 254 g/mol. The molecule has 0 aromatic carbocycles. The first-order valence-electron chi connectivity index (χ1n) is 5.70. The van der Waals surface area contributed by atoms with Gasteiger partial charge in [0.25, 0.3) is 0 Å². The Morgan fingerprint density at radius 2 is 2.22 bits per heavy atom. The van der Waals surface area contributed by atoms with E-state index in [1.807, 2.05) is 14.0 Å². The molecule has 0 fully saturated rings. The van der Waals surface area contributed by atoms with Gasteiger partial charge in [-0.05, 0) is 13.6 Å². The lowest BCUT2D eigenvalue weighted by Gasteiger charge is -2.17. The third-order valence-electron chi connectivity index (χ3n) is 2.79. The fourth-order valence-corrected chi connectivity index (χ4v) is 1.51. The molecule has 0 spiro atoms. The molecule has 1 rings (SSSR count). The van der Waals surface area contributed by atoms with Crippen LogP contribution in [0, 0.1) is 0 Å². The third kappa shape index (κ3) is 3.33. The van der Waals surface area contributed by atoms with Gasteiger partial charge in [0.05, 0.1) is 13.3 Å². The zero-order chi connectivity index (χ0) is 13.7. The van der Waals surface area contributed by atoms with E-state index >= 15 is 0 Å². The smallest absolute Gasteiger partial charge is 0.352 e. The molecular weight excluding hydrogens is 236 g/mol. The van der Waals surface area contributed by atoms with Crippen molar-refractivity contribution in [3.8, 4) is 5.75 Å². The molecule has 0 amide bonds. The average Bonchev–Trinajstić information content (AvgIpc) is 2.36. The van der Waals surface area contributed by atoms with E-state index in [9.17, 15) is 9.59 Å². The quantitative estimate of drug-likeness (QED) is 0.800. The number of hydrogen-bond donors (Lipinski definition) is 1. The van der Waals surface area contributed by atoms with Gasteiger partial charge in [0.2, 0.25) is 5.43 Å². The van der Waals surface area contributed by atoms with Gasteiger partial charge >= 0.3 is 5.97 Å². The molecule has 100 valence electrons. The molecule has 0 aliphatic heterocycles. The molecule has 6 heteroatoms. The number of rotatable bonds is 6. The Balaban J connectivity index is 3.06. The molecule has 0 unspecified atom stereocenters. The Morgan fingerprint density at radius 1 is 1.56 bits per heavy atom. The van der Waals surface area contributed by atoms with Gasteiger partial charge in [-0.2, -0.15) is 0 Å². The maximum Gasteiger partial charge on any atom is 0.352 e. The third-order valence-corrected chi connectivity index (χ3v) is 2.79. The summed E-state index contributed by atoms with van der Waals surface area (Å²) < 4.78 is 6.44. The SMILES string of the molecule is CCN(C)CCn1cc(OC)c(=O)cc1C(=O)O. The first-order valence-corrected chi connectivity index (χ1v) is 5.70. The molecule has 6 nitrogen and oxygen atoms in total. The van der Waals surface area contributed by atoms with Crippen LogP contribution >= 0.6 is 0 Å². The fraction of sp³-hybridized carbons (Fsp3) is 0.500. The van der Waals surface area contributed by atoms with Gasteiger partial charge in [-0.1, -0.05) is 6.92 Å². The number of hydrogen-bond acceptors (Lipinski definition) is 4. The molecule has 0 bridgehead atoms. The lowest BCUT2D eigenvalue weighted by Crippen LogP contribution is -2.26. The number of carboxylic acid groups (broad SMARTS) is 1. The lowest BCUT2D eigenvalue weighted by molar-refractivity contribution is 0.0683. The predicted octanol–water partition coefficient (Wildman–Crippen LogP) is 0.507. The molecule has 1 N–H and O–H groups in total. The Hall–Kier alpha value is -1.82. The Bertz CT molecular complexity index is 481. The highest BCUT2D eigenvalue weighted by Gasteiger charge is 2.13. The minimum atomic E-state index is -1.12. The molecule has 0 radical (unpaired) electrons. The van der Waals surface area contributed by atoms with Gasteiger partial charge in [-0.3, -0.25) is 4.79 Å². The lowest BCUT2D eigenvalue weighted by atomic mass is 10.3. The van der Waals surface area contributed by atoms with Crippen LogP contribution in [0.15, 0.2) is 17.1 Å². The standard InChI is InChI=1S/C12H18N2O4/c1-4-13(2)5-6-14-8-11(18-3)10(15)7-9(14)12(16)17/h7-8H,4-6H2,1-3H3,(H,16,17). The molecule has 1 aromatic heterocycles. The zero-order valence-corrected chi connectivity index (χ0v) is 10.8. The van der Waals surface area contributed by atoms with E-state index in [2.05, 4.69) is 4.90 Å². The number of likely N-dealkylation sites (N-methyl/N-ethyl adjacent to an activating group) is 1. The number of ether oxygens (including phenoxy) is 1. The van der Waals surface area contributed by atoms with E-state index in [1.165, 1.54) is 17.9 Å². The monoisotopic (exact) mass is 254 g/mol. The number of aromatic carboxylic acids is 1. The van der Waals surface area contributed by atoms with E-state index in [4.69, 9.17) is 9.84 Å². The van der Waals surface area contributed by atoms with Gasteiger partial charge < -0.3 is 19.3 Å². The van der Waals surface area contributed by atoms with Crippen molar-refractivity contribution in [1.82, 2.24) is 9.47 Å². The van der Waals surface area contributed by atoms with Crippen LogP contribution in [0.25, 0.3) is 0 Å². The maximum atomic E-state index is 11.5. The van der Waals surface area contributed by atoms with Gasteiger partial charge in [-0.25, -0.2) is 4.79 Å². The van der Waals surface area contributed by atoms with Crippen molar-refractivity contribution < 1.29 is 14.6 Å². The van der Waals surface area contributed by atoms with Crippen LogP contribution in [-0.4, -0.2) is 47.8 Å². The van der Waals surface area contributed by atoms with Crippen LogP contribution in [-0.2, 0) is 6.54 Å². The number of methoxy groups -OCH3 is 1. The van der Waals surface area contributed by atoms with E-state index in [0.717, 1.165) is 12.6 Å². The van der Waals surface area contributed by atoms with Crippen LogP contribution in [0.4, 0.5) is 0 Å². The van der Waals surface area contributed by atoms with E-state index < -0.39 is 11.4 Å². The Kier molecular flexibility index (Phi) is 4.91. The molecule has 1 aromatic rings. The van der Waals surface area contributed by atoms with E-state index in [0.29, 0.717) is 13.1 Å². The summed E-state index contributed by atoms with van der Waals surface area (Å²) in [5, 5.41) is 9.06. The number of carbonyl (C=O) groups is 1. The van der Waals surface area contributed by atoms with Crippen LogP contribution in [0.3, 0.4) is 0 Å². The van der Waals surface area contributed by atoms with Crippen molar-refractivity contribution in [1.29, 1.82) is 0 Å². The van der Waals surface area contributed by atoms with Crippen molar-refractivity contribution in [2.24, 2.45) is 0 Å². The topological polar surface area (TPSA) is 71.8 Å². The molecule has 0 atom stereocenters. The fourth-order valence-electron chi connectivity index (χ4n) is 1.51. The summed E-state index contributed by atoms with van der Waals surface area (Å²) in [6, 6.07) is 1.09. The summed E-state index contributed by atoms with van der Waals surface area (Å²) in [6.45, 7) is 4.08. The first kappa shape index (κ1) is 14.2. The van der Waals surface area contributed by atoms with Crippen molar-refractivity contribution in [3.05, 3.63) is 28.2 Å². The summed E-state index contributed by atoms with van der Waals surface area (Å²) in [6.07, 6.45) is 1.44. The summed E-state index contributed by atoms with van der Waals surface area (Å²) in [5.74, 6) is -0.965. The molecule has 1 heterocycles. The van der Waals surface area contributed by atoms with Crippen molar-refractivity contribution in [2.75, 3.05) is 27.2 Å². The first-order chi connectivity index (χ1) is 8.49. The molecule has 0 saturated heterocycles. The van der Waals surface area contributed by atoms with Crippen LogP contribution in [0.5, 0.6) is 5.75 Å². The van der Waals surface area contributed by atoms with Crippen molar-refractivity contribution >= 4 is 5.97 Å². The second kappa shape index (κ2) is 6.20. The number of aromatic nitrogens is 1. The number of nitrogens with zero attached hydrogens (tertiary/aromatic N) is 2. The summed E-state index contributed by atoms with van der Waals surface area (Å²) in [5.41, 5.74) is -0.444. The normalized spacial score (nSPS) is 10.7. The maximum absolute atomic E-state index is 11.5. The van der Waals surface area contributed by atoms with Crippen LogP contribution in [0.1, 0.15) is 17.4 Å². The second-order valence-electron chi connectivity index (χ2n) is 3.99. The molecule has 0 saturated carbocycles. The largest absolute Gasteiger partial charge is 0.491 e. The molecular formula is C12H18N2O4. The Labute approximate surface area is 105 Å². The second-order valence-corrected chi connectivity index (χ2v) is 3.99. The van der Waals surface area contributed by atoms with Crippen molar-refractivity contribution in [3.63, 3.8) is 0 Å². The zero-order valence-electron chi connectivity index (χ0n) is 10.8. The number of carboxylic acids is 1. The van der Waals surface area contributed by atoms with Crippen LogP contribution in [0.2, 0.25) is 0 Å². The Morgan fingerprint density at radius 3 is 2.72 bits per heavy atom. The van der Waals surface area contributed by atoms with Gasteiger partial charge in [0.1, 0.15) is 5.69 Å². The minimum Gasteiger partial charge on any atom is -0.491 e. The predicted molar refractivity (Wildman–Crippen MR) is 67.4 cm³/mol. The molecule has 0 aliphatic rings. The summed E-state index contributed by atoms with van der Waals surface area (Å²) >= 11 is 0. The van der Waals surface area contributed by atoms with Gasteiger partial charge in [-0.15, -0.1) is 0 Å². The van der Waals surface area contributed by atoms with Gasteiger partial charge in [0, 0.05) is 19.2 Å². The highest BCUT2D eigenvalue weighted by molar-refractivity contribution is 5.85. The number of pyridine rings is 1. The summed E-state index contributed by atoms with van der Waals surface area (Å²) in [4.78, 5) is 24.6. The van der Waals surface area contributed by atoms with Crippen LogP contribution < -0.4 is 10.2 Å². The molecule has 18 heavy (non-hydrogen) atoms. The van der Waals surface area contributed by atoms with E-state index in [1.54, 1.807) is 0 Å². The highest BCUT2D eigenvalue weighted by atomic mass is 16.5. The minimum absolute atomic E-state index is 0.0229. The highest BCUT2D eigenvalue weighted by Crippen LogP contribution is 2.07. The molecule has 0 aliphatic carbocycles.